The second-order valence-electron chi connectivity index (χ2n) is 4.77. The zero-order chi connectivity index (χ0) is 12.5. The topological polar surface area (TPSA) is 66.7 Å². The summed E-state index contributed by atoms with van der Waals surface area (Å²) in [5.41, 5.74) is 0. The molecular weight excluding hydrogens is 234 g/mol. The van der Waals surface area contributed by atoms with Crippen LogP contribution in [-0.2, 0) is 16.1 Å². The third kappa shape index (κ3) is 1.87. The second-order valence-corrected chi connectivity index (χ2v) is 4.77. The fraction of sp³-hybridized carbons (Fsp3) is 0.583. The lowest BCUT2D eigenvalue weighted by molar-refractivity contribution is -0.158. The molecule has 0 spiro atoms. The molecule has 1 aromatic heterocycles. The second kappa shape index (κ2) is 4.44. The van der Waals surface area contributed by atoms with Crippen molar-refractivity contribution in [3.63, 3.8) is 0 Å². The average molecular weight is 249 g/mol. The van der Waals surface area contributed by atoms with E-state index in [0.29, 0.717) is 18.8 Å². The molecule has 0 bridgehead atoms. The summed E-state index contributed by atoms with van der Waals surface area (Å²) >= 11 is 0. The molecule has 1 unspecified atom stereocenters. The van der Waals surface area contributed by atoms with Gasteiger partial charge in [0, 0.05) is 12.6 Å². The number of piperazine rings is 1. The minimum atomic E-state index is -0.261. The summed E-state index contributed by atoms with van der Waals surface area (Å²) in [4.78, 5) is 27.6. The molecule has 2 amide bonds. The molecule has 2 aliphatic heterocycles. The largest absolute Gasteiger partial charge is 0.360 e. The lowest BCUT2D eigenvalue weighted by atomic mass is 9.98. The molecule has 96 valence electrons. The Morgan fingerprint density at radius 3 is 3.06 bits per heavy atom. The Morgan fingerprint density at radius 2 is 2.28 bits per heavy atom. The standard InChI is InChI=1S/C12H15N3O3/c16-11-8-14(7-9-4-5-13-18-9)12(17)10-3-1-2-6-15(10)11/h4-5,10H,1-3,6-8H2. The maximum Gasteiger partial charge on any atom is 0.246 e. The summed E-state index contributed by atoms with van der Waals surface area (Å²) < 4.78 is 4.99. The van der Waals surface area contributed by atoms with E-state index in [0.717, 1.165) is 19.3 Å². The summed E-state index contributed by atoms with van der Waals surface area (Å²) in [6.07, 6.45) is 4.32. The number of carbonyl (C=O) groups is 2. The molecule has 0 aromatic carbocycles. The SMILES string of the molecule is O=C1C2CCCCN2C(=O)CN1Cc1ccno1. The highest BCUT2D eigenvalue weighted by molar-refractivity contribution is 5.95. The van der Waals surface area contributed by atoms with Crippen LogP contribution in [0.1, 0.15) is 25.0 Å². The molecule has 0 saturated carbocycles. The first-order valence-electron chi connectivity index (χ1n) is 6.23. The Labute approximate surface area is 105 Å². The van der Waals surface area contributed by atoms with Crippen LogP contribution in [0.15, 0.2) is 16.8 Å². The number of hydrogen-bond donors (Lipinski definition) is 0. The summed E-state index contributed by atoms with van der Waals surface area (Å²) in [7, 11) is 0. The Hall–Kier alpha value is -1.85. The number of nitrogens with zero attached hydrogens (tertiary/aromatic N) is 3. The van der Waals surface area contributed by atoms with Crippen molar-refractivity contribution in [2.45, 2.75) is 31.8 Å². The van der Waals surface area contributed by atoms with Crippen molar-refractivity contribution in [1.29, 1.82) is 0 Å². The lowest BCUT2D eigenvalue weighted by Gasteiger charge is -2.42. The molecule has 2 aliphatic rings. The third-order valence-corrected chi connectivity index (χ3v) is 3.58. The van der Waals surface area contributed by atoms with E-state index in [2.05, 4.69) is 5.16 Å². The first-order chi connectivity index (χ1) is 8.75. The van der Waals surface area contributed by atoms with Crippen LogP contribution >= 0.6 is 0 Å². The molecule has 2 fully saturated rings. The van der Waals surface area contributed by atoms with Crippen LogP contribution in [0.5, 0.6) is 0 Å². The Balaban J connectivity index is 1.76. The monoisotopic (exact) mass is 249 g/mol. The van der Waals surface area contributed by atoms with Crippen LogP contribution in [0.3, 0.4) is 0 Å². The van der Waals surface area contributed by atoms with E-state index >= 15 is 0 Å². The van der Waals surface area contributed by atoms with Crippen molar-refractivity contribution >= 4 is 11.8 Å². The van der Waals surface area contributed by atoms with Gasteiger partial charge in [-0.05, 0) is 19.3 Å². The van der Waals surface area contributed by atoms with Crippen LogP contribution in [-0.4, -0.2) is 45.9 Å². The molecule has 6 nitrogen and oxygen atoms in total. The van der Waals surface area contributed by atoms with Crippen molar-refractivity contribution in [1.82, 2.24) is 15.0 Å². The van der Waals surface area contributed by atoms with E-state index < -0.39 is 0 Å². The summed E-state index contributed by atoms with van der Waals surface area (Å²) in [5.74, 6) is 0.685. The van der Waals surface area contributed by atoms with Gasteiger partial charge in [-0.15, -0.1) is 0 Å². The van der Waals surface area contributed by atoms with Gasteiger partial charge in [0.15, 0.2) is 5.76 Å². The third-order valence-electron chi connectivity index (χ3n) is 3.58. The summed E-state index contributed by atoms with van der Waals surface area (Å²) in [6.45, 7) is 1.19. The van der Waals surface area contributed by atoms with Gasteiger partial charge in [0.1, 0.15) is 12.6 Å². The predicted molar refractivity (Wildman–Crippen MR) is 61.3 cm³/mol. The maximum absolute atomic E-state index is 12.3. The van der Waals surface area contributed by atoms with Gasteiger partial charge in [0.05, 0.1) is 12.7 Å². The fourth-order valence-corrected chi connectivity index (χ4v) is 2.68. The smallest absolute Gasteiger partial charge is 0.246 e. The molecule has 2 saturated heterocycles. The number of carbonyl (C=O) groups excluding carboxylic acids is 2. The molecule has 6 heteroatoms. The van der Waals surface area contributed by atoms with Gasteiger partial charge in [-0.3, -0.25) is 9.59 Å². The summed E-state index contributed by atoms with van der Waals surface area (Å²) in [5, 5.41) is 3.60. The van der Waals surface area contributed by atoms with Crippen molar-refractivity contribution in [2.75, 3.05) is 13.1 Å². The number of aromatic nitrogens is 1. The molecule has 1 atom stereocenters. The zero-order valence-electron chi connectivity index (χ0n) is 10.0. The first-order valence-corrected chi connectivity index (χ1v) is 6.23. The van der Waals surface area contributed by atoms with Gasteiger partial charge in [-0.25, -0.2) is 0 Å². The molecule has 1 aromatic rings. The minimum Gasteiger partial charge on any atom is -0.360 e. The van der Waals surface area contributed by atoms with E-state index in [-0.39, 0.29) is 24.4 Å². The minimum absolute atomic E-state index is 0.0331. The van der Waals surface area contributed by atoms with Crippen molar-refractivity contribution in [3.05, 3.63) is 18.0 Å². The van der Waals surface area contributed by atoms with Crippen molar-refractivity contribution in [3.8, 4) is 0 Å². The van der Waals surface area contributed by atoms with Crippen LogP contribution in [0.2, 0.25) is 0 Å². The quantitative estimate of drug-likeness (QED) is 0.760. The van der Waals surface area contributed by atoms with Gasteiger partial charge in [0.25, 0.3) is 0 Å². The van der Waals surface area contributed by atoms with Gasteiger partial charge in [-0.2, -0.15) is 0 Å². The Kier molecular flexibility index (Phi) is 2.77. The fourth-order valence-electron chi connectivity index (χ4n) is 2.68. The van der Waals surface area contributed by atoms with E-state index in [1.807, 2.05) is 0 Å². The molecule has 0 radical (unpaired) electrons. The lowest BCUT2D eigenvalue weighted by Crippen LogP contribution is -2.60. The van der Waals surface area contributed by atoms with E-state index in [4.69, 9.17) is 4.52 Å². The number of fused-ring (bicyclic) bond motifs is 1. The normalized spacial score (nSPS) is 24.3. The summed E-state index contributed by atoms with van der Waals surface area (Å²) in [6, 6.07) is 1.45. The van der Waals surface area contributed by atoms with Gasteiger partial charge in [0.2, 0.25) is 11.8 Å². The van der Waals surface area contributed by atoms with Crippen LogP contribution in [0, 0.1) is 0 Å². The van der Waals surface area contributed by atoms with Crippen LogP contribution < -0.4 is 0 Å². The van der Waals surface area contributed by atoms with Gasteiger partial charge in [-0.1, -0.05) is 5.16 Å². The predicted octanol–water partition coefficient (Wildman–Crippen LogP) is 0.398. The highest BCUT2D eigenvalue weighted by Crippen LogP contribution is 2.23. The average Bonchev–Trinajstić information content (AvgIpc) is 2.89. The van der Waals surface area contributed by atoms with Gasteiger partial charge >= 0.3 is 0 Å². The molecule has 0 aliphatic carbocycles. The Bertz CT molecular complexity index is 457. The maximum atomic E-state index is 12.3. The number of amides is 2. The molecule has 0 N–H and O–H groups in total. The Morgan fingerprint density at radius 1 is 1.39 bits per heavy atom. The highest BCUT2D eigenvalue weighted by atomic mass is 16.5. The van der Waals surface area contributed by atoms with Crippen LogP contribution in [0.4, 0.5) is 0 Å². The van der Waals surface area contributed by atoms with Crippen molar-refractivity contribution < 1.29 is 14.1 Å². The molecule has 3 heterocycles. The van der Waals surface area contributed by atoms with E-state index in [1.54, 1.807) is 22.1 Å². The number of hydrogen-bond acceptors (Lipinski definition) is 4. The van der Waals surface area contributed by atoms with Crippen molar-refractivity contribution in [2.24, 2.45) is 0 Å². The van der Waals surface area contributed by atoms with Gasteiger partial charge < -0.3 is 14.3 Å². The van der Waals surface area contributed by atoms with E-state index in [9.17, 15) is 9.59 Å². The first kappa shape index (κ1) is 11.3. The molecular formula is C12H15N3O3. The zero-order valence-corrected chi connectivity index (χ0v) is 10.0. The molecule has 18 heavy (non-hydrogen) atoms. The number of piperidine rings is 1. The van der Waals surface area contributed by atoms with E-state index in [1.165, 1.54) is 0 Å². The molecule has 3 rings (SSSR count). The number of rotatable bonds is 2. The van der Waals surface area contributed by atoms with Crippen LogP contribution in [0.25, 0.3) is 0 Å². The highest BCUT2D eigenvalue weighted by Gasteiger charge is 2.40.